The van der Waals surface area contributed by atoms with Gasteiger partial charge in [0.25, 0.3) is 5.56 Å². The van der Waals surface area contributed by atoms with Crippen LogP contribution in [0.15, 0.2) is 50.2 Å². The van der Waals surface area contributed by atoms with E-state index < -0.39 is 21.3 Å². The van der Waals surface area contributed by atoms with Gasteiger partial charge in [0.2, 0.25) is 10.0 Å². The number of aromatic nitrogens is 2. The van der Waals surface area contributed by atoms with E-state index in [-0.39, 0.29) is 22.3 Å². The number of thiophene rings is 1. The first-order valence-corrected chi connectivity index (χ1v) is 9.10. The van der Waals surface area contributed by atoms with Crippen LogP contribution in [0.2, 0.25) is 0 Å². The van der Waals surface area contributed by atoms with Crippen LogP contribution >= 0.6 is 11.3 Å². The van der Waals surface area contributed by atoms with Gasteiger partial charge in [-0.15, -0.1) is 11.3 Å². The number of benzene rings is 1. The Morgan fingerprint density at radius 2 is 1.96 bits per heavy atom. The third kappa shape index (κ3) is 3.41. The van der Waals surface area contributed by atoms with E-state index in [1.165, 1.54) is 18.2 Å². The molecule has 7 nitrogen and oxygen atoms in total. The topological polar surface area (TPSA) is 112 Å². The van der Waals surface area contributed by atoms with Crippen LogP contribution in [0.5, 0.6) is 0 Å². The van der Waals surface area contributed by atoms with Crippen LogP contribution in [-0.2, 0) is 16.4 Å². The van der Waals surface area contributed by atoms with Crippen molar-refractivity contribution in [2.24, 2.45) is 0 Å². The van der Waals surface area contributed by atoms with E-state index in [4.69, 9.17) is 0 Å². The van der Waals surface area contributed by atoms with Gasteiger partial charge in [0.15, 0.2) is 0 Å². The van der Waals surface area contributed by atoms with Gasteiger partial charge in [-0.2, -0.15) is 0 Å². The Kier molecular flexibility index (Phi) is 4.16. The Bertz CT molecular complexity index is 1050. The first-order valence-electron chi connectivity index (χ1n) is 6.74. The number of hydrogen-bond acceptors (Lipinski definition) is 5. The predicted molar refractivity (Wildman–Crippen MR) is 88.4 cm³/mol. The summed E-state index contributed by atoms with van der Waals surface area (Å²) < 4.78 is 27.1. The molecule has 0 bridgehead atoms. The SMILES string of the molecule is O=c1[nH]c(=O)c2cc(S(=O)(=O)NCCc3cccs3)ccc2[nH]1. The lowest BCUT2D eigenvalue weighted by molar-refractivity contribution is 0.582. The fourth-order valence-corrected chi connectivity index (χ4v) is 3.92. The molecule has 2 aromatic heterocycles. The molecule has 0 saturated carbocycles. The lowest BCUT2D eigenvalue weighted by Crippen LogP contribution is -2.26. The van der Waals surface area contributed by atoms with Gasteiger partial charge in [-0.3, -0.25) is 9.78 Å². The molecule has 3 aromatic rings. The average molecular weight is 351 g/mol. The Morgan fingerprint density at radius 1 is 1.13 bits per heavy atom. The highest BCUT2D eigenvalue weighted by atomic mass is 32.2. The molecule has 1 aromatic carbocycles. The zero-order valence-electron chi connectivity index (χ0n) is 11.8. The van der Waals surface area contributed by atoms with E-state index in [0.29, 0.717) is 6.42 Å². The maximum absolute atomic E-state index is 12.3. The Morgan fingerprint density at radius 3 is 2.70 bits per heavy atom. The van der Waals surface area contributed by atoms with E-state index in [9.17, 15) is 18.0 Å². The zero-order valence-corrected chi connectivity index (χ0v) is 13.5. The van der Waals surface area contributed by atoms with E-state index in [1.54, 1.807) is 11.3 Å². The van der Waals surface area contributed by atoms with Crippen molar-refractivity contribution in [3.63, 3.8) is 0 Å². The number of nitrogens with one attached hydrogen (secondary N) is 3. The normalized spacial score (nSPS) is 11.8. The monoisotopic (exact) mass is 351 g/mol. The summed E-state index contributed by atoms with van der Waals surface area (Å²) in [6.45, 7) is 0.267. The molecule has 3 rings (SSSR count). The molecule has 0 aliphatic heterocycles. The van der Waals surface area contributed by atoms with E-state index in [1.807, 2.05) is 17.5 Å². The lowest BCUT2D eigenvalue weighted by atomic mass is 10.2. The number of rotatable bonds is 5. The third-order valence-corrected chi connectivity index (χ3v) is 5.66. The highest BCUT2D eigenvalue weighted by Crippen LogP contribution is 2.14. The summed E-state index contributed by atoms with van der Waals surface area (Å²) in [6.07, 6.45) is 0.596. The molecule has 0 amide bonds. The molecule has 23 heavy (non-hydrogen) atoms. The maximum atomic E-state index is 12.3. The summed E-state index contributed by atoms with van der Waals surface area (Å²) in [7, 11) is -3.72. The standard InChI is InChI=1S/C14H13N3O4S2/c18-13-11-8-10(3-4-12(11)16-14(19)17-13)23(20,21)15-6-5-9-2-1-7-22-9/h1-4,7-8,15H,5-6H2,(H2,16,17,18,19). The van der Waals surface area contributed by atoms with Crippen molar-refractivity contribution >= 4 is 32.3 Å². The van der Waals surface area contributed by atoms with E-state index >= 15 is 0 Å². The van der Waals surface area contributed by atoms with Gasteiger partial charge >= 0.3 is 5.69 Å². The summed E-state index contributed by atoms with van der Waals surface area (Å²) >= 11 is 1.56. The van der Waals surface area contributed by atoms with Crippen LogP contribution in [0.4, 0.5) is 0 Å². The molecule has 0 aliphatic rings. The molecule has 0 unspecified atom stereocenters. The molecule has 0 fully saturated rings. The second-order valence-corrected chi connectivity index (χ2v) is 7.64. The van der Waals surface area contributed by atoms with Crippen molar-refractivity contribution in [1.82, 2.24) is 14.7 Å². The average Bonchev–Trinajstić information content (AvgIpc) is 2.99. The van der Waals surface area contributed by atoms with Crippen LogP contribution in [-0.4, -0.2) is 24.9 Å². The highest BCUT2D eigenvalue weighted by Gasteiger charge is 2.15. The molecule has 0 radical (unpaired) electrons. The van der Waals surface area contributed by atoms with Gasteiger partial charge in [-0.1, -0.05) is 6.07 Å². The van der Waals surface area contributed by atoms with E-state index in [0.717, 1.165) is 4.88 Å². The molecular formula is C14H13N3O4S2. The van der Waals surface area contributed by atoms with Gasteiger partial charge in [-0.25, -0.2) is 17.9 Å². The van der Waals surface area contributed by atoms with Gasteiger partial charge in [-0.05, 0) is 36.1 Å². The predicted octanol–water partition coefficient (Wildman–Crippen LogP) is 0.799. The molecule has 2 heterocycles. The summed E-state index contributed by atoms with van der Waals surface area (Å²) in [5, 5.41) is 2.05. The van der Waals surface area contributed by atoms with Gasteiger partial charge < -0.3 is 4.98 Å². The second-order valence-electron chi connectivity index (χ2n) is 4.84. The molecule has 3 N–H and O–H groups in total. The van der Waals surface area contributed by atoms with Gasteiger partial charge in [0, 0.05) is 11.4 Å². The van der Waals surface area contributed by atoms with Crippen molar-refractivity contribution in [3.05, 3.63) is 61.4 Å². The van der Waals surface area contributed by atoms with Gasteiger partial charge in [0.1, 0.15) is 0 Å². The first kappa shape index (κ1) is 15.7. The minimum Gasteiger partial charge on any atom is -0.307 e. The molecule has 0 saturated heterocycles. The molecule has 9 heteroatoms. The van der Waals surface area contributed by atoms with Crippen molar-refractivity contribution in [3.8, 4) is 0 Å². The molecule has 0 atom stereocenters. The molecule has 120 valence electrons. The lowest BCUT2D eigenvalue weighted by Gasteiger charge is -2.07. The van der Waals surface area contributed by atoms with Crippen LogP contribution in [0.25, 0.3) is 10.9 Å². The number of fused-ring (bicyclic) bond motifs is 1. The van der Waals surface area contributed by atoms with Gasteiger partial charge in [0.05, 0.1) is 15.8 Å². The minimum atomic E-state index is -3.72. The third-order valence-electron chi connectivity index (χ3n) is 3.26. The summed E-state index contributed by atoms with van der Waals surface area (Å²) in [5.74, 6) is 0. The highest BCUT2D eigenvalue weighted by molar-refractivity contribution is 7.89. The Hall–Kier alpha value is -2.23. The molecular weight excluding hydrogens is 338 g/mol. The summed E-state index contributed by atoms with van der Waals surface area (Å²) in [5.41, 5.74) is -0.970. The fourth-order valence-electron chi connectivity index (χ4n) is 2.16. The minimum absolute atomic E-state index is 0.0197. The van der Waals surface area contributed by atoms with Crippen LogP contribution < -0.4 is 16.0 Å². The van der Waals surface area contributed by atoms with Crippen molar-refractivity contribution in [2.75, 3.05) is 6.54 Å². The maximum Gasteiger partial charge on any atom is 0.326 e. The number of aromatic amines is 2. The van der Waals surface area contributed by atoms with Crippen LogP contribution in [0.1, 0.15) is 4.88 Å². The quantitative estimate of drug-likeness (QED) is 0.631. The van der Waals surface area contributed by atoms with Crippen molar-refractivity contribution in [1.29, 1.82) is 0 Å². The van der Waals surface area contributed by atoms with E-state index in [2.05, 4.69) is 14.7 Å². The zero-order chi connectivity index (χ0) is 16.4. The van der Waals surface area contributed by atoms with Crippen molar-refractivity contribution in [2.45, 2.75) is 11.3 Å². The molecule has 0 aliphatic carbocycles. The smallest absolute Gasteiger partial charge is 0.307 e. The summed E-state index contributed by atoms with van der Waals surface area (Å²) in [6, 6.07) is 7.85. The number of H-pyrrole nitrogens is 2. The number of sulfonamides is 1. The first-order chi connectivity index (χ1) is 11.0. The Balaban J connectivity index is 1.86. The fraction of sp³-hybridized carbons (Fsp3) is 0.143. The Labute approximate surface area is 135 Å². The second kappa shape index (κ2) is 6.11. The molecule has 0 spiro atoms. The largest absolute Gasteiger partial charge is 0.326 e. The van der Waals surface area contributed by atoms with Crippen LogP contribution in [0, 0.1) is 0 Å². The summed E-state index contributed by atoms with van der Waals surface area (Å²) in [4.78, 5) is 28.5. The van der Waals surface area contributed by atoms with Crippen LogP contribution in [0.3, 0.4) is 0 Å². The number of hydrogen-bond donors (Lipinski definition) is 3. The van der Waals surface area contributed by atoms with Crippen molar-refractivity contribution < 1.29 is 8.42 Å².